The second-order valence-electron chi connectivity index (χ2n) is 5.42. The number of aliphatic imine (C=N–C) groups is 1. The average molecular weight is 400 g/mol. The Balaban J connectivity index is 1.94. The van der Waals surface area contributed by atoms with Crippen molar-refractivity contribution in [3.05, 3.63) is 30.5 Å². The van der Waals surface area contributed by atoms with Gasteiger partial charge in [0, 0.05) is 18.9 Å². The molecule has 0 atom stereocenters. The molecule has 0 aliphatic rings. The summed E-state index contributed by atoms with van der Waals surface area (Å²) < 4.78 is 14.7. The number of benzene rings is 1. The number of pyridine rings is 1. The fourth-order valence-corrected chi connectivity index (χ4v) is 2.89. The van der Waals surface area contributed by atoms with Gasteiger partial charge in [0.05, 0.1) is 23.4 Å². The van der Waals surface area contributed by atoms with Gasteiger partial charge in [-0.2, -0.15) is 4.37 Å². The molecule has 0 spiro atoms. The molecule has 2 heterocycles. The molecular weight excluding hydrogens is 380 g/mol. The Morgan fingerprint density at radius 2 is 2.11 bits per heavy atom. The minimum Gasteiger partial charge on any atom is -0.506 e. The summed E-state index contributed by atoms with van der Waals surface area (Å²) in [6.45, 7) is 5.05. The van der Waals surface area contributed by atoms with Crippen molar-refractivity contribution in [3.63, 3.8) is 0 Å². The Kier molecular flexibility index (Phi) is 6.82. The van der Waals surface area contributed by atoms with Gasteiger partial charge in [-0.15, -0.1) is 10.2 Å². The molecule has 9 nitrogen and oxygen atoms in total. The van der Waals surface area contributed by atoms with Gasteiger partial charge in [0.2, 0.25) is 0 Å². The van der Waals surface area contributed by atoms with Crippen LogP contribution in [0.15, 0.2) is 45.7 Å². The molecule has 3 rings (SSSR count). The largest absolute Gasteiger partial charge is 0.506 e. The quantitative estimate of drug-likeness (QED) is 0.132. The van der Waals surface area contributed by atoms with Crippen LogP contribution in [0.5, 0.6) is 5.75 Å². The maximum Gasteiger partial charge on any atom is 0.175 e. The van der Waals surface area contributed by atoms with E-state index in [1.54, 1.807) is 12.3 Å². The molecular formula is C18H20N6O3S. The highest BCUT2D eigenvalue weighted by atomic mass is 32.1. The molecule has 146 valence electrons. The van der Waals surface area contributed by atoms with E-state index in [1.807, 2.05) is 26.0 Å². The molecule has 0 saturated carbocycles. The number of nitrogens with zero attached hydrogens (tertiary/aromatic N) is 5. The van der Waals surface area contributed by atoms with Crippen molar-refractivity contribution in [1.82, 2.24) is 9.36 Å². The smallest absolute Gasteiger partial charge is 0.175 e. The van der Waals surface area contributed by atoms with Crippen molar-refractivity contribution in [2.75, 3.05) is 25.3 Å². The Morgan fingerprint density at radius 1 is 1.21 bits per heavy atom. The van der Waals surface area contributed by atoms with Gasteiger partial charge in [0.1, 0.15) is 18.2 Å². The van der Waals surface area contributed by atoms with E-state index in [4.69, 9.17) is 9.47 Å². The summed E-state index contributed by atoms with van der Waals surface area (Å²) in [5.74, 6) is 0.0229. The molecule has 2 N–H and O–H groups in total. The predicted molar refractivity (Wildman–Crippen MR) is 110 cm³/mol. The zero-order valence-electron chi connectivity index (χ0n) is 15.5. The Bertz CT molecular complexity index is 989. The van der Waals surface area contributed by atoms with Crippen LogP contribution in [0.2, 0.25) is 0 Å². The second-order valence-corrected chi connectivity index (χ2v) is 6.18. The van der Waals surface area contributed by atoms with Crippen molar-refractivity contribution < 1.29 is 14.6 Å². The zero-order chi connectivity index (χ0) is 19.8. The standard InChI is InChI=1S/C18H20N6O3S/c1-3-26-10-20-13-9-16(25)15(21-11-27-4-2)8-14(13)22-23-18-12-6-5-7-19-17(12)24-28-18/h5-10,21,25H,3-4,11H2,1-2H3. The first-order chi connectivity index (χ1) is 13.7. The first-order valence-corrected chi connectivity index (χ1v) is 9.45. The minimum atomic E-state index is 0.0229. The molecule has 0 bridgehead atoms. The lowest BCUT2D eigenvalue weighted by molar-refractivity contribution is 0.166. The Morgan fingerprint density at radius 3 is 2.93 bits per heavy atom. The molecule has 0 aliphatic carbocycles. The normalized spacial score (nSPS) is 11.6. The Hall–Kier alpha value is -3.11. The fraction of sp³-hybridized carbons (Fsp3) is 0.278. The van der Waals surface area contributed by atoms with E-state index in [2.05, 4.69) is 29.9 Å². The summed E-state index contributed by atoms with van der Waals surface area (Å²) in [4.78, 5) is 8.40. The molecule has 0 saturated heterocycles. The lowest BCUT2D eigenvalue weighted by Crippen LogP contribution is -2.05. The number of hydrogen-bond acceptors (Lipinski definition) is 10. The van der Waals surface area contributed by atoms with Crippen LogP contribution in [0.1, 0.15) is 13.8 Å². The number of aromatic hydroxyl groups is 1. The van der Waals surface area contributed by atoms with Crippen LogP contribution < -0.4 is 5.32 Å². The highest BCUT2D eigenvalue weighted by molar-refractivity contribution is 7.11. The summed E-state index contributed by atoms with van der Waals surface area (Å²) in [5, 5.41) is 23.3. The number of azo groups is 1. The third-order valence-corrected chi connectivity index (χ3v) is 4.32. The van der Waals surface area contributed by atoms with Crippen LogP contribution in [-0.4, -0.2) is 40.8 Å². The van der Waals surface area contributed by atoms with Gasteiger partial charge in [-0.3, -0.25) is 0 Å². The van der Waals surface area contributed by atoms with E-state index >= 15 is 0 Å². The van der Waals surface area contributed by atoms with Crippen LogP contribution in [0.3, 0.4) is 0 Å². The van der Waals surface area contributed by atoms with Crippen molar-refractivity contribution in [3.8, 4) is 5.75 Å². The number of anilines is 1. The summed E-state index contributed by atoms with van der Waals surface area (Å²) in [6.07, 6.45) is 2.99. The van der Waals surface area contributed by atoms with Crippen LogP contribution >= 0.6 is 11.5 Å². The second kappa shape index (κ2) is 9.72. The number of aromatic nitrogens is 2. The molecule has 28 heavy (non-hydrogen) atoms. The lowest BCUT2D eigenvalue weighted by atomic mass is 10.2. The lowest BCUT2D eigenvalue weighted by Gasteiger charge is -2.10. The maximum absolute atomic E-state index is 10.2. The summed E-state index contributed by atoms with van der Waals surface area (Å²) in [6, 6.07) is 6.85. The highest BCUT2D eigenvalue weighted by Crippen LogP contribution is 2.39. The monoisotopic (exact) mass is 400 g/mol. The number of fused-ring (bicyclic) bond motifs is 1. The van der Waals surface area contributed by atoms with Gasteiger partial charge in [0.25, 0.3) is 0 Å². The first-order valence-electron chi connectivity index (χ1n) is 8.67. The molecule has 0 radical (unpaired) electrons. The van der Waals surface area contributed by atoms with Crippen LogP contribution in [0.4, 0.5) is 22.1 Å². The average Bonchev–Trinajstić information content (AvgIpc) is 3.12. The summed E-state index contributed by atoms with van der Waals surface area (Å²) in [7, 11) is 0. The van der Waals surface area contributed by atoms with Crippen molar-refractivity contribution >= 4 is 51.0 Å². The van der Waals surface area contributed by atoms with E-state index in [-0.39, 0.29) is 12.5 Å². The molecule has 0 unspecified atom stereocenters. The molecule has 0 aliphatic heterocycles. The number of rotatable bonds is 9. The van der Waals surface area contributed by atoms with Gasteiger partial charge in [-0.1, -0.05) is 0 Å². The minimum absolute atomic E-state index is 0.0229. The third-order valence-electron chi connectivity index (χ3n) is 3.58. The van der Waals surface area contributed by atoms with Gasteiger partial charge >= 0.3 is 0 Å². The van der Waals surface area contributed by atoms with E-state index in [9.17, 15) is 5.11 Å². The highest BCUT2D eigenvalue weighted by Gasteiger charge is 2.10. The number of hydrogen-bond donors (Lipinski definition) is 2. The first kappa shape index (κ1) is 19.6. The van der Waals surface area contributed by atoms with E-state index in [1.165, 1.54) is 24.0 Å². The van der Waals surface area contributed by atoms with Crippen molar-refractivity contribution in [2.24, 2.45) is 15.2 Å². The van der Waals surface area contributed by atoms with Crippen LogP contribution in [0, 0.1) is 0 Å². The number of phenolic OH excluding ortho intramolecular Hbond substituents is 1. The molecule has 3 aromatic rings. The van der Waals surface area contributed by atoms with Crippen molar-refractivity contribution in [2.45, 2.75) is 13.8 Å². The van der Waals surface area contributed by atoms with Crippen molar-refractivity contribution in [1.29, 1.82) is 0 Å². The number of ether oxygens (including phenoxy) is 2. The number of phenols is 1. The molecule has 10 heteroatoms. The molecule has 0 amide bonds. The zero-order valence-corrected chi connectivity index (χ0v) is 16.3. The SMILES string of the molecule is CCOC=Nc1cc(O)c(NCOCC)cc1N=Nc1snc2ncccc12. The van der Waals surface area contributed by atoms with E-state index in [0.717, 1.165) is 5.39 Å². The number of nitrogens with one attached hydrogen (secondary N) is 1. The molecule has 0 fully saturated rings. The summed E-state index contributed by atoms with van der Waals surface area (Å²) in [5.41, 5.74) is 1.97. The van der Waals surface area contributed by atoms with Gasteiger partial charge in [-0.25, -0.2) is 9.98 Å². The van der Waals surface area contributed by atoms with Gasteiger partial charge in [-0.05, 0) is 43.6 Å². The van der Waals surface area contributed by atoms with E-state index in [0.29, 0.717) is 40.9 Å². The van der Waals surface area contributed by atoms with Crippen LogP contribution in [0.25, 0.3) is 11.0 Å². The molecule has 2 aromatic heterocycles. The topological polar surface area (TPSA) is 114 Å². The fourth-order valence-electron chi connectivity index (χ4n) is 2.23. The van der Waals surface area contributed by atoms with Gasteiger partial charge in [0.15, 0.2) is 17.0 Å². The summed E-state index contributed by atoms with van der Waals surface area (Å²) >= 11 is 1.21. The van der Waals surface area contributed by atoms with Gasteiger partial charge < -0.3 is 19.9 Å². The molecule has 1 aromatic carbocycles. The third kappa shape index (κ3) is 4.78. The maximum atomic E-state index is 10.2. The van der Waals surface area contributed by atoms with E-state index < -0.39 is 0 Å². The van der Waals surface area contributed by atoms with Crippen LogP contribution in [-0.2, 0) is 9.47 Å². The predicted octanol–water partition coefficient (Wildman–Crippen LogP) is 4.91. The Labute approximate surface area is 165 Å².